The SMILES string of the molecule is CC=Cc1cccc(Cn2cnc3c(Cl)nc(N)nc32)c1. The normalized spacial score (nSPS) is 11.5. The quantitative estimate of drug-likeness (QED) is 0.754. The highest BCUT2D eigenvalue weighted by Gasteiger charge is 2.10. The maximum absolute atomic E-state index is 6.03. The molecule has 0 aliphatic carbocycles. The number of benzene rings is 1. The molecular formula is C15H14ClN5. The number of allylic oxidation sites excluding steroid dienone is 1. The van der Waals surface area contributed by atoms with Gasteiger partial charge in [-0.15, -0.1) is 0 Å². The van der Waals surface area contributed by atoms with E-state index >= 15 is 0 Å². The van der Waals surface area contributed by atoms with Crippen LogP contribution in [0.4, 0.5) is 5.95 Å². The molecule has 2 N–H and O–H groups in total. The van der Waals surface area contributed by atoms with Gasteiger partial charge in [0.05, 0.1) is 12.9 Å². The van der Waals surface area contributed by atoms with Gasteiger partial charge in [-0.3, -0.25) is 0 Å². The van der Waals surface area contributed by atoms with Gasteiger partial charge in [-0.25, -0.2) is 4.98 Å². The minimum absolute atomic E-state index is 0.150. The molecule has 2 aromatic heterocycles. The summed E-state index contributed by atoms with van der Waals surface area (Å²) < 4.78 is 1.91. The fraction of sp³-hybridized carbons (Fsp3) is 0.133. The number of rotatable bonds is 3. The fourth-order valence-corrected chi connectivity index (χ4v) is 2.45. The van der Waals surface area contributed by atoms with Crippen molar-refractivity contribution in [1.29, 1.82) is 0 Å². The van der Waals surface area contributed by atoms with Crippen molar-refractivity contribution in [3.8, 4) is 0 Å². The van der Waals surface area contributed by atoms with Crippen LogP contribution in [-0.2, 0) is 6.54 Å². The average Bonchev–Trinajstić information content (AvgIpc) is 2.83. The van der Waals surface area contributed by atoms with Crippen LogP contribution in [0.15, 0.2) is 36.7 Å². The van der Waals surface area contributed by atoms with E-state index in [1.807, 2.05) is 23.6 Å². The van der Waals surface area contributed by atoms with Crippen molar-refractivity contribution >= 4 is 34.8 Å². The molecule has 3 rings (SSSR count). The molecule has 0 saturated heterocycles. The lowest BCUT2D eigenvalue weighted by Gasteiger charge is -2.05. The molecular weight excluding hydrogens is 286 g/mol. The Labute approximate surface area is 127 Å². The molecule has 0 fully saturated rings. The molecule has 21 heavy (non-hydrogen) atoms. The molecule has 0 aliphatic heterocycles. The van der Waals surface area contributed by atoms with Gasteiger partial charge in [-0.05, 0) is 24.1 Å². The van der Waals surface area contributed by atoms with Gasteiger partial charge in [-0.2, -0.15) is 9.97 Å². The smallest absolute Gasteiger partial charge is 0.223 e. The predicted octanol–water partition coefficient (Wildman–Crippen LogP) is 3.14. The zero-order valence-corrected chi connectivity index (χ0v) is 12.2. The third kappa shape index (κ3) is 2.73. The van der Waals surface area contributed by atoms with Gasteiger partial charge in [-0.1, -0.05) is 42.0 Å². The van der Waals surface area contributed by atoms with Gasteiger partial charge >= 0.3 is 0 Å². The standard InChI is InChI=1S/C15H14ClN5/c1-2-4-10-5-3-6-11(7-10)8-21-9-18-12-13(16)19-15(17)20-14(12)21/h2-7,9H,8H2,1H3,(H2,17,19,20). The van der Waals surface area contributed by atoms with E-state index < -0.39 is 0 Å². The van der Waals surface area contributed by atoms with Crippen LogP contribution in [0.5, 0.6) is 0 Å². The third-order valence-corrected chi connectivity index (χ3v) is 3.37. The summed E-state index contributed by atoms with van der Waals surface area (Å²) in [4.78, 5) is 12.4. The summed E-state index contributed by atoms with van der Waals surface area (Å²) in [7, 11) is 0. The highest BCUT2D eigenvalue weighted by Crippen LogP contribution is 2.20. The molecule has 1 aromatic carbocycles. The number of hydrogen-bond donors (Lipinski definition) is 1. The van der Waals surface area contributed by atoms with Crippen LogP contribution in [0.1, 0.15) is 18.1 Å². The van der Waals surface area contributed by atoms with Crippen molar-refractivity contribution in [2.45, 2.75) is 13.5 Å². The highest BCUT2D eigenvalue weighted by atomic mass is 35.5. The van der Waals surface area contributed by atoms with Crippen molar-refractivity contribution in [2.75, 3.05) is 5.73 Å². The van der Waals surface area contributed by atoms with Crippen LogP contribution in [0.2, 0.25) is 5.15 Å². The first-order valence-electron chi connectivity index (χ1n) is 6.53. The molecule has 0 bridgehead atoms. The summed E-state index contributed by atoms with van der Waals surface area (Å²) in [6.07, 6.45) is 5.78. The Kier molecular flexibility index (Phi) is 3.58. The lowest BCUT2D eigenvalue weighted by molar-refractivity contribution is 0.813. The van der Waals surface area contributed by atoms with Crippen LogP contribution >= 0.6 is 11.6 Å². The number of aromatic nitrogens is 4. The third-order valence-electron chi connectivity index (χ3n) is 3.10. The summed E-state index contributed by atoms with van der Waals surface area (Å²) >= 11 is 6.03. The molecule has 3 aromatic rings. The summed E-state index contributed by atoms with van der Waals surface area (Å²) in [6.45, 7) is 2.65. The largest absolute Gasteiger partial charge is 0.368 e. The van der Waals surface area contributed by atoms with Crippen LogP contribution in [0, 0.1) is 0 Å². The van der Waals surface area contributed by atoms with E-state index in [1.54, 1.807) is 6.33 Å². The molecule has 0 spiro atoms. The number of fused-ring (bicyclic) bond motifs is 1. The van der Waals surface area contributed by atoms with Gasteiger partial charge in [0.2, 0.25) is 5.95 Å². The minimum atomic E-state index is 0.150. The molecule has 0 amide bonds. The molecule has 6 heteroatoms. The maximum Gasteiger partial charge on any atom is 0.223 e. The van der Waals surface area contributed by atoms with Gasteiger partial charge < -0.3 is 10.3 Å². The van der Waals surface area contributed by atoms with Crippen molar-refractivity contribution < 1.29 is 0 Å². The van der Waals surface area contributed by atoms with Crippen molar-refractivity contribution in [3.63, 3.8) is 0 Å². The molecule has 0 unspecified atom stereocenters. The number of halogens is 1. The molecule has 0 saturated carbocycles. The van der Waals surface area contributed by atoms with E-state index in [4.69, 9.17) is 17.3 Å². The Bertz CT molecular complexity index is 822. The van der Waals surface area contributed by atoms with E-state index in [0.717, 1.165) is 11.1 Å². The molecule has 0 atom stereocenters. The molecule has 2 heterocycles. The Balaban J connectivity index is 2.00. The zero-order chi connectivity index (χ0) is 14.8. The summed E-state index contributed by atoms with van der Waals surface area (Å²) in [6, 6.07) is 8.27. The first kappa shape index (κ1) is 13.6. The minimum Gasteiger partial charge on any atom is -0.368 e. The molecule has 106 valence electrons. The Morgan fingerprint density at radius 3 is 3.00 bits per heavy atom. The average molecular weight is 300 g/mol. The van der Waals surface area contributed by atoms with Gasteiger partial charge in [0.1, 0.15) is 5.52 Å². The summed E-state index contributed by atoms with van der Waals surface area (Å²) in [5.74, 6) is 0.150. The van der Waals surface area contributed by atoms with Crippen LogP contribution in [0.3, 0.4) is 0 Å². The molecule has 0 aliphatic rings. The number of hydrogen-bond acceptors (Lipinski definition) is 4. The van der Waals surface area contributed by atoms with E-state index in [9.17, 15) is 0 Å². The van der Waals surface area contributed by atoms with E-state index in [2.05, 4.69) is 39.2 Å². The number of anilines is 1. The van der Waals surface area contributed by atoms with Crippen molar-refractivity contribution in [3.05, 3.63) is 52.9 Å². The molecule has 5 nitrogen and oxygen atoms in total. The predicted molar refractivity (Wildman–Crippen MR) is 85.0 cm³/mol. The fourth-order valence-electron chi connectivity index (χ4n) is 2.23. The van der Waals surface area contributed by atoms with E-state index in [1.165, 1.54) is 0 Å². The summed E-state index contributed by atoms with van der Waals surface area (Å²) in [5, 5.41) is 0.277. The Hall–Kier alpha value is -2.40. The highest BCUT2D eigenvalue weighted by molar-refractivity contribution is 6.33. The second-order valence-electron chi connectivity index (χ2n) is 4.66. The first-order chi connectivity index (χ1) is 10.2. The summed E-state index contributed by atoms with van der Waals surface area (Å²) in [5.41, 5.74) is 9.17. The maximum atomic E-state index is 6.03. The number of nitrogens with zero attached hydrogens (tertiary/aromatic N) is 4. The van der Waals surface area contributed by atoms with E-state index in [-0.39, 0.29) is 11.1 Å². The second kappa shape index (κ2) is 5.54. The second-order valence-corrected chi connectivity index (χ2v) is 5.02. The van der Waals surface area contributed by atoms with Crippen LogP contribution in [0.25, 0.3) is 17.2 Å². The lowest BCUT2D eigenvalue weighted by Crippen LogP contribution is -2.02. The monoisotopic (exact) mass is 299 g/mol. The van der Waals surface area contributed by atoms with Gasteiger partial charge in [0.25, 0.3) is 0 Å². The lowest BCUT2D eigenvalue weighted by atomic mass is 10.1. The van der Waals surface area contributed by atoms with Crippen molar-refractivity contribution in [1.82, 2.24) is 19.5 Å². The van der Waals surface area contributed by atoms with Gasteiger partial charge in [0, 0.05) is 0 Å². The van der Waals surface area contributed by atoms with Crippen LogP contribution < -0.4 is 5.73 Å². The zero-order valence-electron chi connectivity index (χ0n) is 11.5. The number of imidazole rings is 1. The van der Waals surface area contributed by atoms with Crippen LogP contribution in [-0.4, -0.2) is 19.5 Å². The van der Waals surface area contributed by atoms with Crippen molar-refractivity contribution in [2.24, 2.45) is 0 Å². The number of nitrogen functional groups attached to an aromatic ring is 1. The first-order valence-corrected chi connectivity index (χ1v) is 6.90. The van der Waals surface area contributed by atoms with Gasteiger partial charge in [0.15, 0.2) is 10.8 Å². The topological polar surface area (TPSA) is 69.6 Å². The van der Waals surface area contributed by atoms with E-state index in [0.29, 0.717) is 17.7 Å². The molecule has 0 radical (unpaired) electrons. The number of nitrogens with two attached hydrogens (primary N) is 1. The Morgan fingerprint density at radius 2 is 2.19 bits per heavy atom. The Morgan fingerprint density at radius 1 is 1.33 bits per heavy atom.